The van der Waals surface area contributed by atoms with E-state index >= 15 is 0 Å². The summed E-state index contributed by atoms with van der Waals surface area (Å²) in [5.74, 6) is 0.0546. The summed E-state index contributed by atoms with van der Waals surface area (Å²) in [5.41, 5.74) is 3.82. The molecule has 0 radical (unpaired) electrons. The number of hydrogen-bond donors (Lipinski definition) is 0. The highest BCUT2D eigenvalue weighted by Gasteiger charge is 2.17. The van der Waals surface area contributed by atoms with E-state index in [0.29, 0.717) is 11.7 Å². The minimum absolute atomic E-state index is 0.0546. The summed E-state index contributed by atoms with van der Waals surface area (Å²) in [6.07, 6.45) is 6.58. The molecule has 4 heteroatoms. The lowest BCUT2D eigenvalue weighted by atomic mass is 10.0. The monoisotopic (exact) mass is 374 g/mol. The Balaban J connectivity index is 1.42. The van der Waals surface area contributed by atoms with Gasteiger partial charge in [-0.3, -0.25) is 9.78 Å². The van der Waals surface area contributed by atoms with Crippen LogP contribution in [-0.4, -0.2) is 42.1 Å². The number of pyridine rings is 1. The van der Waals surface area contributed by atoms with E-state index in [1.807, 2.05) is 55.7 Å². The van der Waals surface area contributed by atoms with Crippen molar-refractivity contribution in [2.75, 3.05) is 20.2 Å². The van der Waals surface area contributed by atoms with Crippen LogP contribution in [0.5, 0.6) is 0 Å². The van der Waals surface area contributed by atoms with Crippen LogP contribution in [0.25, 0.3) is 22.0 Å². The average molecular weight is 374 g/mol. The third-order valence-electron chi connectivity index (χ3n) is 5.46. The Kier molecular flexibility index (Phi) is 5.68. The molecule has 1 atom stereocenters. The van der Waals surface area contributed by atoms with Crippen LogP contribution in [0.2, 0.25) is 0 Å². The highest BCUT2D eigenvalue weighted by molar-refractivity contribution is 5.94. The number of ether oxygens (including phenoxy) is 1. The van der Waals surface area contributed by atoms with Gasteiger partial charge in [0.2, 0.25) is 0 Å². The number of hydrogen-bond acceptors (Lipinski definition) is 3. The number of rotatable bonds is 5. The fourth-order valence-electron chi connectivity index (χ4n) is 3.73. The van der Waals surface area contributed by atoms with Gasteiger partial charge in [-0.1, -0.05) is 30.3 Å². The number of benzene rings is 2. The number of nitrogens with zero attached hydrogens (tertiary/aromatic N) is 2. The van der Waals surface area contributed by atoms with Crippen molar-refractivity contribution >= 4 is 16.8 Å². The molecule has 4 rings (SSSR count). The van der Waals surface area contributed by atoms with Gasteiger partial charge in [-0.15, -0.1) is 0 Å². The quantitative estimate of drug-likeness (QED) is 0.636. The molecule has 1 amide bonds. The molecule has 1 aliphatic heterocycles. The second-order valence-corrected chi connectivity index (χ2v) is 7.50. The lowest BCUT2D eigenvalue weighted by molar-refractivity contribution is 0.00709. The maximum Gasteiger partial charge on any atom is 0.253 e. The normalized spacial score (nSPS) is 16.8. The maximum atomic E-state index is 12.7. The molecule has 1 fully saturated rings. The molecule has 0 saturated carbocycles. The predicted molar refractivity (Wildman–Crippen MR) is 112 cm³/mol. The van der Waals surface area contributed by atoms with E-state index in [-0.39, 0.29) is 5.91 Å². The first kappa shape index (κ1) is 18.6. The molecule has 0 spiro atoms. The Morgan fingerprint density at radius 3 is 2.71 bits per heavy atom. The van der Waals surface area contributed by atoms with Crippen LogP contribution in [0.3, 0.4) is 0 Å². The SMILES string of the molecule is CN(CC[C@@H]1CCCCO1)C(=O)c1ccc(-c2cnc3ccccc3c2)cc1. The number of para-hydroxylation sites is 1. The van der Waals surface area contributed by atoms with Gasteiger partial charge in [0, 0.05) is 42.9 Å². The zero-order valence-electron chi connectivity index (χ0n) is 16.3. The number of fused-ring (bicyclic) bond motifs is 1. The summed E-state index contributed by atoms with van der Waals surface area (Å²) >= 11 is 0. The van der Waals surface area contributed by atoms with E-state index in [4.69, 9.17) is 4.74 Å². The zero-order chi connectivity index (χ0) is 19.3. The van der Waals surface area contributed by atoms with Crippen LogP contribution >= 0.6 is 0 Å². The first-order chi connectivity index (χ1) is 13.7. The van der Waals surface area contributed by atoms with Crippen LogP contribution in [0.4, 0.5) is 0 Å². The van der Waals surface area contributed by atoms with Crippen LogP contribution in [0.1, 0.15) is 36.0 Å². The largest absolute Gasteiger partial charge is 0.378 e. The molecule has 2 aromatic carbocycles. The van der Waals surface area contributed by atoms with E-state index < -0.39 is 0 Å². The number of aromatic nitrogens is 1. The number of carbonyl (C=O) groups is 1. The van der Waals surface area contributed by atoms with Gasteiger partial charge in [0.15, 0.2) is 0 Å². The van der Waals surface area contributed by atoms with Crippen molar-refractivity contribution in [3.8, 4) is 11.1 Å². The molecule has 1 aliphatic rings. The predicted octanol–water partition coefficient (Wildman–Crippen LogP) is 4.93. The summed E-state index contributed by atoms with van der Waals surface area (Å²) in [6.45, 7) is 1.58. The van der Waals surface area contributed by atoms with E-state index in [2.05, 4.69) is 17.1 Å². The van der Waals surface area contributed by atoms with E-state index in [1.54, 1.807) is 4.90 Å². The van der Waals surface area contributed by atoms with Crippen LogP contribution in [-0.2, 0) is 4.74 Å². The molecule has 28 heavy (non-hydrogen) atoms. The lowest BCUT2D eigenvalue weighted by Crippen LogP contribution is -2.31. The molecule has 2 heterocycles. The van der Waals surface area contributed by atoms with Gasteiger partial charge in [-0.05, 0) is 55.5 Å². The van der Waals surface area contributed by atoms with Crippen LogP contribution in [0, 0.1) is 0 Å². The van der Waals surface area contributed by atoms with E-state index in [1.165, 1.54) is 6.42 Å². The summed E-state index contributed by atoms with van der Waals surface area (Å²) < 4.78 is 5.77. The lowest BCUT2D eigenvalue weighted by Gasteiger charge is -2.25. The number of carbonyl (C=O) groups excluding carboxylic acids is 1. The number of amides is 1. The molecule has 144 valence electrons. The van der Waals surface area contributed by atoms with Gasteiger partial charge >= 0.3 is 0 Å². The molecule has 0 aliphatic carbocycles. The topological polar surface area (TPSA) is 42.4 Å². The first-order valence-corrected chi connectivity index (χ1v) is 10.0. The summed E-state index contributed by atoms with van der Waals surface area (Å²) in [7, 11) is 1.87. The zero-order valence-corrected chi connectivity index (χ0v) is 16.3. The van der Waals surface area contributed by atoms with E-state index in [0.717, 1.165) is 54.4 Å². The molecule has 3 aromatic rings. The maximum absolute atomic E-state index is 12.7. The summed E-state index contributed by atoms with van der Waals surface area (Å²) in [6, 6.07) is 18.0. The Labute approximate surface area is 166 Å². The highest BCUT2D eigenvalue weighted by Crippen LogP contribution is 2.23. The van der Waals surface area contributed by atoms with E-state index in [9.17, 15) is 4.79 Å². The first-order valence-electron chi connectivity index (χ1n) is 10.0. The standard InChI is InChI=1S/C24H26N2O2/c1-26(14-13-22-7-4-5-15-28-22)24(27)19-11-9-18(10-12-19)21-16-20-6-2-3-8-23(20)25-17-21/h2-3,6,8-12,16-17,22H,4-5,7,13-15H2,1H3/t22-/m0/s1. The molecule has 0 N–H and O–H groups in total. The Morgan fingerprint density at radius 1 is 1.11 bits per heavy atom. The van der Waals surface area contributed by atoms with Crippen molar-refractivity contribution in [1.82, 2.24) is 9.88 Å². The molecule has 1 aromatic heterocycles. The van der Waals surface area contributed by atoms with Crippen molar-refractivity contribution < 1.29 is 9.53 Å². The minimum atomic E-state index is 0.0546. The fourth-order valence-corrected chi connectivity index (χ4v) is 3.73. The summed E-state index contributed by atoms with van der Waals surface area (Å²) in [5, 5.41) is 1.12. The van der Waals surface area contributed by atoms with Crippen LogP contribution in [0.15, 0.2) is 60.8 Å². The van der Waals surface area contributed by atoms with Crippen molar-refractivity contribution in [3.05, 3.63) is 66.4 Å². The summed E-state index contributed by atoms with van der Waals surface area (Å²) in [4.78, 5) is 19.0. The van der Waals surface area contributed by atoms with Crippen molar-refractivity contribution in [2.24, 2.45) is 0 Å². The van der Waals surface area contributed by atoms with Gasteiger partial charge in [0.05, 0.1) is 11.6 Å². The Hall–Kier alpha value is -2.72. The van der Waals surface area contributed by atoms with Crippen LogP contribution < -0.4 is 0 Å². The second kappa shape index (κ2) is 8.53. The highest BCUT2D eigenvalue weighted by atomic mass is 16.5. The van der Waals surface area contributed by atoms with Crippen molar-refractivity contribution in [2.45, 2.75) is 31.8 Å². The molecule has 0 unspecified atom stereocenters. The van der Waals surface area contributed by atoms with Gasteiger partial charge in [0.25, 0.3) is 5.91 Å². The third kappa shape index (κ3) is 4.23. The van der Waals surface area contributed by atoms with Gasteiger partial charge in [0.1, 0.15) is 0 Å². The molecular formula is C24H26N2O2. The Bertz CT molecular complexity index is 946. The minimum Gasteiger partial charge on any atom is -0.378 e. The third-order valence-corrected chi connectivity index (χ3v) is 5.46. The molecule has 4 nitrogen and oxygen atoms in total. The molecular weight excluding hydrogens is 348 g/mol. The average Bonchev–Trinajstić information content (AvgIpc) is 2.77. The van der Waals surface area contributed by atoms with Gasteiger partial charge in [-0.2, -0.15) is 0 Å². The molecule has 0 bridgehead atoms. The van der Waals surface area contributed by atoms with Gasteiger partial charge in [-0.25, -0.2) is 0 Å². The van der Waals surface area contributed by atoms with Crippen molar-refractivity contribution in [3.63, 3.8) is 0 Å². The van der Waals surface area contributed by atoms with Crippen molar-refractivity contribution in [1.29, 1.82) is 0 Å². The Morgan fingerprint density at radius 2 is 1.93 bits per heavy atom. The second-order valence-electron chi connectivity index (χ2n) is 7.50. The van der Waals surface area contributed by atoms with Gasteiger partial charge < -0.3 is 9.64 Å². The smallest absolute Gasteiger partial charge is 0.253 e. The molecule has 1 saturated heterocycles. The fraction of sp³-hybridized carbons (Fsp3) is 0.333.